The lowest BCUT2D eigenvalue weighted by molar-refractivity contribution is -0.122. The van der Waals surface area contributed by atoms with Crippen molar-refractivity contribution in [2.24, 2.45) is 11.7 Å². The van der Waals surface area contributed by atoms with Crippen LogP contribution in [0.4, 0.5) is 5.69 Å². The highest BCUT2D eigenvalue weighted by atomic mass is 16.2. The summed E-state index contributed by atoms with van der Waals surface area (Å²) in [5.41, 5.74) is 6.40. The van der Waals surface area contributed by atoms with Gasteiger partial charge in [-0.2, -0.15) is 0 Å². The number of rotatable bonds is 3. The van der Waals surface area contributed by atoms with Crippen molar-refractivity contribution in [3.8, 4) is 0 Å². The van der Waals surface area contributed by atoms with Crippen molar-refractivity contribution in [1.29, 1.82) is 0 Å². The third-order valence-corrected chi connectivity index (χ3v) is 4.13. The number of para-hydroxylation sites is 1. The topological polar surface area (TPSA) is 84.2 Å². The van der Waals surface area contributed by atoms with Crippen LogP contribution in [-0.4, -0.2) is 24.4 Å². The minimum absolute atomic E-state index is 0.203. The summed E-state index contributed by atoms with van der Waals surface area (Å²) in [4.78, 5) is 24.4. The summed E-state index contributed by atoms with van der Waals surface area (Å²) < 4.78 is 0. The summed E-state index contributed by atoms with van der Waals surface area (Å²) in [6.07, 6.45) is 3.44. The van der Waals surface area contributed by atoms with Crippen molar-refractivity contribution in [2.45, 2.75) is 38.1 Å². The van der Waals surface area contributed by atoms with E-state index in [1.54, 1.807) is 31.3 Å². The van der Waals surface area contributed by atoms with E-state index in [1.165, 1.54) is 0 Å². The first-order chi connectivity index (χ1) is 9.96. The summed E-state index contributed by atoms with van der Waals surface area (Å²) >= 11 is 0. The highest BCUT2D eigenvalue weighted by molar-refractivity contribution is 6.05. The van der Waals surface area contributed by atoms with Crippen LogP contribution in [-0.2, 0) is 4.79 Å². The summed E-state index contributed by atoms with van der Waals surface area (Å²) in [5, 5.41) is 5.40. The second kappa shape index (κ2) is 6.26. The predicted molar refractivity (Wildman–Crippen MR) is 83.0 cm³/mol. The Labute approximate surface area is 125 Å². The largest absolute Gasteiger partial charge is 0.355 e. The minimum Gasteiger partial charge on any atom is -0.355 e. The fraction of sp³-hybridized carbons (Fsp3) is 0.500. The van der Waals surface area contributed by atoms with Crippen LogP contribution in [0.3, 0.4) is 0 Å². The van der Waals surface area contributed by atoms with Gasteiger partial charge < -0.3 is 16.4 Å². The quantitative estimate of drug-likeness (QED) is 0.794. The fourth-order valence-electron chi connectivity index (χ4n) is 2.97. The molecule has 0 spiro atoms. The number of carbonyl (C=O) groups excluding carboxylic acids is 2. The molecule has 0 saturated heterocycles. The molecule has 1 saturated carbocycles. The Bertz CT molecular complexity index is 544. The molecule has 114 valence electrons. The second-order valence-corrected chi connectivity index (χ2v) is 5.94. The molecule has 4 N–H and O–H groups in total. The summed E-state index contributed by atoms with van der Waals surface area (Å²) in [7, 11) is 1.56. The van der Waals surface area contributed by atoms with Gasteiger partial charge in [0.25, 0.3) is 5.91 Å². The van der Waals surface area contributed by atoms with Crippen molar-refractivity contribution >= 4 is 17.5 Å². The number of carbonyl (C=O) groups is 2. The molecule has 2 unspecified atom stereocenters. The van der Waals surface area contributed by atoms with Gasteiger partial charge in [-0.05, 0) is 30.9 Å². The van der Waals surface area contributed by atoms with E-state index in [-0.39, 0.29) is 11.8 Å². The average molecular weight is 289 g/mol. The molecule has 1 aliphatic carbocycles. The molecular weight excluding hydrogens is 266 g/mol. The number of amides is 2. The zero-order valence-corrected chi connectivity index (χ0v) is 12.6. The molecule has 1 aromatic rings. The third kappa shape index (κ3) is 3.42. The van der Waals surface area contributed by atoms with Crippen LogP contribution in [0.15, 0.2) is 24.3 Å². The van der Waals surface area contributed by atoms with Gasteiger partial charge >= 0.3 is 0 Å². The third-order valence-electron chi connectivity index (χ3n) is 4.13. The highest BCUT2D eigenvalue weighted by Gasteiger charge is 2.38. The van der Waals surface area contributed by atoms with Gasteiger partial charge in [-0.15, -0.1) is 0 Å². The van der Waals surface area contributed by atoms with E-state index in [2.05, 4.69) is 17.6 Å². The van der Waals surface area contributed by atoms with Gasteiger partial charge in [0.2, 0.25) is 5.91 Å². The van der Waals surface area contributed by atoms with Crippen molar-refractivity contribution < 1.29 is 9.59 Å². The Morgan fingerprint density at radius 1 is 1.33 bits per heavy atom. The number of anilines is 1. The van der Waals surface area contributed by atoms with Gasteiger partial charge in [0.05, 0.1) is 16.8 Å². The van der Waals surface area contributed by atoms with E-state index in [0.29, 0.717) is 30.0 Å². The lowest BCUT2D eigenvalue weighted by Crippen LogP contribution is -2.53. The monoisotopic (exact) mass is 289 g/mol. The lowest BCUT2D eigenvalue weighted by atomic mass is 9.76. The Morgan fingerprint density at radius 2 is 2.05 bits per heavy atom. The molecule has 0 aliphatic heterocycles. The molecule has 5 heteroatoms. The van der Waals surface area contributed by atoms with Crippen molar-refractivity contribution in [2.75, 3.05) is 12.4 Å². The van der Waals surface area contributed by atoms with Gasteiger partial charge in [0.15, 0.2) is 0 Å². The molecule has 2 amide bonds. The second-order valence-electron chi connectivity index (χ2n) is 5.94. The van der Waals surface area contributed by atoms with Crippen molar-refractivity contribution in [3.63, 3.8) is 0 Å². The maximum absolute atomic E-state index is 12.5. The smallest absolute Gasteiger partial charge is 0.253 e. The fourth-order valence-corrected chi connectivity index (χ4v) is 2.97. The molecule has 1 aromatic carbocycles. The van der Waals surface area contributed by atoms with Gasteiger partial charge in [-0.1, -0.05) is 31.9 Å². The SMILES string of the molecule is CNC(=O)c1ccccc1NC(=O)C1(N)CCCC(C)C1. The normalized spacial score (nSPS) is 25.2. The Kier molecular flexibility index (Phi) is 4.63. The molecule has 2 atom stereocenters. The first-order valence-corrected chi connectivity index (χ1v) is 7.38. The molecule has 21 heavy (non-hydrogen) atoms. The highest BCUT2D eigenvalue weighted by Crippen LogP contribution is 2.31. The first kappa shape index (κ1) is 15.5. The van der Waals surface area contributed by atoms with E-state index in [1.807, 2.05) is 0 Å². The molecule has 1 aliphatic rings. The minimum atomic E-state index is -0.840. The molecule has 2 rings (SSSR count). The molecule has 1 fully saturated rings. The molecule has 0 bridgehead atoms. The number of benzene rings is 1. The maximum atomic E-state index is 12.5. The van der Waals surface area contributed by atoms with Crippen LogP contribution in [0.1, 0.15) is 43.0 Å². The zero-order valence-electron chi connectivity index (χ0n) is 12.6. The standard InChI is InChI=1S/C16H23N3O2/c1-11-6-5-9-16(17,10-11)15(21)19-13-8-4-3-7-12(13)14(20)18-2/h3-4,7-8,11H,5-6,9-10,17H2,1-2H3,(H,18,20)(H,19,21). The Hall–Kier alpha value is -1.88. The van der Waals surface area contributed by atoms with Crippen LogP contribution in [0.25, 0.3) is 0 Å². The molecule has 0 aromatic heterocycles. The van der Waals surface area contributed by atoms with E-state index < -0.39 is 5.54 Å². The van der Waals surface area contributed by atoms with Crippen LogP contribution >= 0.6 is 0 Å². The number of hydrogen-bond donors (Lipinski definition) is 3. The molecule has 0 heterocycles. The summed E-state index contributed by atoms with van der Waals surface area (Å²) in [6.45, 7) is 2.12. The van der Waals surface area contributed by atoms with Crippen molar-refractivity contribution in [1.82, 2.24) is 5.32 Å². The van der Waals surface area contributed by atoms with Crippen LogP contribution in [0.5, 0.6) is 0 Å². The first-order valence-electron chi connectivity index (χ1n) is 7.38. The van der Waals surface area contributed by atoms with E-state index in [0.717, 1.165) is 12.8 Å². The Balaban J connectivity index is 2.18. The van der Waals surface area contributed by atoms with Gasteiger partial charge in [-0.25, -0.2) is 0 Å². The van der Waals surface area contributed by atoms with E-state index in [9.17, 15) is 9.59 Å². The Morgan fingerprint density at radius 3 is 2.71 bits per heavy atom. The van der Waals surface area contributed by atoms with Gasteiger partial charge in [-0.3, -0.25) is 9.59 Å². The maximum Gasteiger partial charge on any atom is 0.253 e. The van der Waals surface area contributed by atoms with Crippen molar-refractivity contribution in [3.05, 3.63) is 29.8 Å². The van der Waals surface area contributed by atoms with Gasteiger partial charge in [0.1, 0.15) is 0 Å². The zero-order chi connectivity index (χ0) is 15.5. The number of nitrogens with one attached hydrogen (secondary N) is 2. The molecular formula is C16H23N3O2. The summed E-state index contributed by atoms with van der Waals surface area (Å²) in [6, 6.07) is 6.95. The summed E-state index contributed by atoms with van der Waals surface area (Å²) in [5.74, 6) is 0.0167. The van der Waals surface area contributed by atoms with Gasteiger partial charge in [0, 0.05) is 7.05 Å². The van der Waals surface area contributed by atoms with Crippen LogP contribution < -0.4 is 16.4 Å². The lowest BCUT2D eigenvalue weighted by Gasteiger charge is -2.35. The van der Waals surface area contributed by atoms with Crippen LogP contribution in [0, 0.1) is 5.92 Å². The average Bonchev–Trinajstić information content (AvgIpc) is 2.46. The molecule has 0 radical (unpaired) electrons. The molecule has 5 nitrogen and oxygen atoms in total. The van der Waals surface area contributed by atoms with E-state index >= 15 is 0 Å². The van der Waals surface area contributed by atoms with E-state index in [4.69, 9.17) is 5.73 Å². The predicted octanol–water partition coefficient (Wildman–Crippen LogP) is 1.89. The number of hydrogen-bond acceptors (Lipinski definition) is 3. The van der Waals surface area contributed by atoms with Crippen LogP contribution in [0.2, 0.25) is 0 Å². The number of nitrogens with two attached hydrogens (primary N) is 1.